The summed E-state index contributed by atoms with van der Waals surface area (Å²) in [4.78, 5) is 11.7. The number of esters is 1. The van der Waals surface area contributed by atoms with Crippen molar-refractivity contribution in [2.24, 2.45) is 0 Å². The number of furan rings is 1. The Morgan fingerprint density at radius 1 is 1.35 bits per heavy atom. The van der Waals surface area contributed by atoms with E-state index in [2.05, 4.69) is 12.2 Å². The van der Waals surface area contributed by atoms with Gasteiger partial charge in [0.15, 0.2) is 0 Å². The number of hydrogen-bond donors (Lipinski definition) is 1. The summed E-state index contributed by atoms with van der Waals surface area (Å²) in [5.41, 5.74) is 2.37. The topological polar surface area (TPSA) is 51.5 Å². The summed E-state index contributed by atoms with van der Waals surface area (Å²) in [6.07, 6.45) is 2.55. The first kappa shape index (κ1) is 14.2. The van der Waals surface area contributed by atoms with Gasteiger partial charge in [-0.2, -0.15) is 0 Å². The maximum atomic E-state index is 11.7. The van der Waals surface area contributed by atoms with Gasteiger partial charge in [-0.15, -0.1) is 0 Å². The summed E-state index contributed by atoms with van der Waals surface area (Å²) in [7, 11) is 1.39. The molecular weight excluding hydrogens is 254 g/mol. The minimum Gasteiger partial charge on any atom is -0.467 e. The van der Waals surface area contributed by atoms with E-state index in [4.69, 9.17) is 9.15 Å². The van der Waals surface area contributed by atoms with Crippen molar-refractivity contribution in [3.63, 3.8) is 0 Å². The number of hydrogen-bond acceptors (Lipinski definition) is 4. The fraction of sp³-hybridized carbons (Fsp3) is 0.312. The SMILES string of the molecule is CCC(Nc1cccc(C(=O)OC)c1C)c1ccco1. The molecule has 20 heavy (non-hydrogen) atoms. The van der Waals surface area contributed by atoms with Crippen molar-refractivity contribution in [2.45, 2.75) is 26.3 Å². The maximum Gasteiger partial charge on any atom is 0.338 e. The number of ether oxygens (including phenoxy) is 1. The lowest BCUT2D eigenvalue weighted by molar-refractivity contribution is 0.0600. The lowest BCUT2D eigenvalue weighted by Gasteiger charge is -2.18. The molecule has 4 heteroatoms. The molecule has 1 heterocycles. The van der Waals surface area contributed by atoms with Crippen LogP contribution in [0.2, 0.25) is 0 Å². The fourth-order valence-electron chi connectivity index (χ4n) is 2.17. The summed E-state index contributed by atoms with van der Waals surface area (Å²) in [6.45, 7) is 3.99. The van der Waals surface area contributed by atoms with Crippen LogP contribution in [0.3, 0.4) is 0 Å². The normalized spacial score (nSPS) is 11.9. The van der Waals surface area contributed by atoms with Crippen molar-refractivity contribution in [1.82, 2.24) is 0 Å². The van der Waals surface area contributed by atoms with Crippen molar-refractivity contribution in [2.75, 3.05) is 12.4 Å². The quantitative estimate of drug-likeness (QED) is 0.838. The molecule has 0 spiro atoms. The van der Waals surface area contributed by atoms with Gasteiger partial charge in [-0.25, -0.2) is 4.79 Å². The van der Waals surface area contributed by atoms with Crippen molar-refractivity contribution < 1.29 is 13.9 Å². The van der Waals surface area contributed by atoms with Gasteiger partial charge in [-0.1, -0.05) is 13.0 Å². The number of anilines is 1. The highest BCUT2D eigenvalue weighted by Gasteiger charge is 2.16. The number of carbonyl (C=O) groups excluding carboxylic acids is 1. The smallest absolute Gasteiger partial charge is 0.338 e. The predicted molar refractivity (Wildman–Crippen MR) is 77.9 cm³/mol. The predicted octanol–water partition coefficient (Wildman–Crippen LogP) is 3.94. The largest absolute Gasteiger partial charge is 0.467 e. The molecule has 0 aliphatic rings. The molecule has 0 radical (unpaired) electrons. The highest BCUT2D eigenvalue weighted by molar-refractivity contribution is 5.92. The van der Waals surface area contributed by atoms with Gasteiger partial charge in [0, 0.05) is 5.69 Å². The van der Waals surface area contributed by atoms with E-state index in [1.54, 1.807) is 12.3 Å². The van der Waals surface area contributed by atoms with Gasteiger partial charge in [0.05, 0.1) is 25.0 Å². The fourth-order valence-corrected chi connectivity index (χ4v) is 2.17. The highest BCUT2D eigenvalue weighted by atomic mass is 16.5. The Morgan fingerprint density at radius 2 is 2.15 bits per heavy atom. The Labute approximate surface area is 118 Å². The zero-order chi connectivity index (χ0) is 14.5. The second-order valence-electron chi connectivity index (χ2n) is 4.59. The van der Waals surface area contributed by atoms with Crippen LogP contribution in [-0.4, -0.2) is 13.1 Å². The zero-order valence-electron chi connectivity index (χ0n) is 12.0. The molecule has 0 saturated carbocycles. The first-order valence-corrected chi connectivity index (χ1v) is 6.65. The molecule has 0 aliphatic carbocycles. The van der Waals surface area contributed by atoms with E-state index >= 15 is 0 Å². The third-order valence-electron chi connectivity index (χ3n) is 3.36. The van der Waals surface area contributed by atoms with Crippen LogP contribution in [0, 0.1) is 6.92 Å². The first-order valence-electron chi connectivity index (χ1n) is 6.65. The molecule has 0 fully saturated rings. The van der Waals surface area contributed by atoms with Gasteiger partial charge in [-0.05, 0) is 43.2 Å². The monoisotopic (exact) mass is 273 g/mol. The Hall–Kier alpha value is -2.23. The van der Waals surface area contributed by atoms with E-state index < -0.39 is 0 Å². The van der Waals surface area contributed by atoms with Crippen LogP contribution in [0.5, 0.6) is 0 Å². The molecule has 0 bridgehead atoms. The van der Waals surface area contributed by atoms with Crippen molar-refractivity contribution in [3.8, 4) is 0 Å². The molecule has 0 amide bonds. The molecule has 106 valence electrons. The standard InChI is InChI=1S/C16H19NO3/c1-4-13(15-9-6-10-20-15)17-14-8-5-7-12(11(14)2)16(18)19-3/h5-10,13,17H,4H2,1-3H3. The molecule has 1 aromatic heterocycles. The van der Waals surface area contributed by atoms with Crippen LogP contribution in [0.4, 0.5) is 5.69 Å². The number of methoxy groups -OCH3 is 1. The number of carbonyl (C=O) groups is 1. The maximum absolute atomic E-state index is 11.7. The van der Waals surface area contributed by atoms with Gasteiger partial charge in [0.1, 0.15) is 5.76 Å². The van der Waals surface area contributed by atoms with Crippen LogP contribution in [0.15, 0.2) is 41.0 Å². The molecule has 1 unspecified atom stereocenters. The molecule has 1 N–H and O–H groups in total. The second kappa shape index (κ2) is 6.28. The van der Waals surface area contributed by atoms with Gasteiger partial charge >= 0.3 is 5.97 Å². The highest BCUT2D eigenvalue weighted by Crippen LogP contribution is 2.26. The van der Waals surface area contributed by atoms with E-state index in [0.29, 0.717) is 5.56 Å². The Balaban J connectivity index is 2.27. The Kier molecular flexibility index (Phi) is 4.45. The molecular formula is C16H19NO3. The number of nitrogens with one attached hydrogen (secondary N) is 1. The van der Waals surface area contributed by atoms with Crippen molar-refractivity contribution in [3.05, 3.63) is 53.5 Å². The van der Waals surface area contributed by atoms with Crippen LogP contribution in [-0.2, 0) is 4.74 Å². The summed E-state index contributed by atoms with van der Waals surface area (Å²) >= 11 is 0. The molecule has 4 nitrogen and oxygen atoms in total. The van der Waals surface area contributed by atoms with Gasteiger partial charge < -0.3 is 14.5 Å². The van der Waals surface area contributed by atoms with E-state index in [1.807, 2.05) is 31.2 Å². The minimum absolute atomic E-state index is 0.0802. The summed E-state index contributed by atoms with van der Waals surface area (Å²) in [6, 6.07) is 9.46. The zero-order valence-corrected chi connectivity index (χ0v) is 12.0. The number of benzene rings is 1. The average Bonchev–Trinajstić information content (AvgIpc) is 2.99. The third-order valence-corrected chi connectivity index (χ3v) is 3.36. The van der Waals surface area contributed by atoms with Gasteiger partial charge in [0.2, 0.25) is 0 Å². The van der Waals surface area contributed by atoms with Crippen LogP contribution in [0.25, 0.3) is 0 Å². The lowest BCUT2D eigenvalue weighted by atomic mass is 10.1. The van der Waals surface area contributed by atoms with E-state index in [-0.39, 0.29) is 12.0 Å². The molecule has 1 atom stereocenters. The summed E-state index contributed by atoms with van der Waals surface area (Å²) in [5.74, 6) is 0.563. The second-order valence-corrected chi connectivity index (χ2v) is 4.59. The van der Waals surface area contributed by atoms with Crippen LogP contribution < -0.4 is 5.32 Å². The van der Waals surface area contributed by atoms with Crippen LogP contribution in [0.1, 0.15) is 41.1 Å². The third kappa shape index (κ3) is 2.85. The van der Waals surface area contributed by atoms with E-state index in [1.165, 1.54) is 7.11 Å². The van der Waals surface area contributed by atoms with Crippen molar-refractivity contribution >= 4 is 11.7 Å². The van der Waals surface area contributed by atoms with Crippen molar-refractivity contribution in [1.29, 1.82) is 0 Å². The lowest BCUT2D eigenvalue weighted by Crippen LogP contribution is -2.12. The van der Waals surface area contributed by atoms with E-state index in [0.717, 1.165) is 23.4 Å². The molecule has 0 aliphatic heterocycles. The minimum atomic E-state index is -0.322. The summed E-state index contributed by atoms with van der Waals surface area (Å²) < 4.78 is 10.2. The molecule has 0 saturated heterocycles. The van der Waals surface area contributed by atoms with Gasteiger partial charge in [-0.3, -0.25) is 0 Å². The first-order chi connectivity index (χ1) is 9.67. The van der Waals surface area contributed by atoms with Gasteiger partial charge in [0.25, 0.3) is 0 Å². The Bertz CT molecular complexity index is 575. The van der Waals surface area contributed by atoms with Crippen LogP contribution >= 0.6 is 0 Å². The average molecular weight is 273 g/mol. The Morgan fingerprint density at radius 3 is 2.75 bits per heavy atom. The number of rotatable bonds is 5. The summed E-state index contributed by atoms with van der Waals surface area (Å²) in [5, 5.41) is 3.42. The molecule has 1 aromatic carbocycles. The molecule has 2 rings (SSSR count). The van der Waals surface area contributed by atoms with E-state index in [9.17, 15) is 4.79 Å². The molecule has 2 aromatic rings.